The van der Waals surface area contributed by atoms with E-state index in [4.69, 9.17) is 0 Å². The standard InChI is InChI=1S/C19H21N5O3/c1-22(2)14-8-6-7-13(11-14)18(26)21-20-17(25)12-24-16-10-5-4-9-15(16)23(3)19(24)27/h4-11H,12H2,1-3H3,(H,20,25)(H,21,26). The first kappa shape index (κ1) is 18.2. The number of benzene rings is 2. The average Bonchev–Trinajstić information content (AvgIpc) is 2.91. The van der Waals surface area contributed by atoms with Crippen molar-refractivity contribution < 1.29 is 9.59 Å². The SMILES string of the molecule is CN(C)c1cccc(C(=O)NNC(=O)Cn2c(=O)n(C)c3ccccc32)c1. The Morgan fingerprint density at radius 3 is 2.41 bits per heavy atom. The van der Waals surface area contributed by atoms with Crippen LogP contribution in [-0.2, 0) is 18.4 Å². The highest BCUT2D eigenvalue weighted by Gasteiger charge is 2.14. The van der Waals surface area contributed by atoms with Gasteiger partial charge in [-0.2, -0.15) is 0 Å². The fraction of sp³-hybridized carbons (Fsp3) is 0.211. The molecular formula is C19H21N5O3. The summed E-state index contributed by atoms with van der Waals surface area (Å²) in [5, 5.41) is 0. The minimum atomic E-state index is -0.495. The van der Waals surface area contributed by atoms with Gasteiger partial charge in [-0.05, 0) is 30.3 Å². The van der Waals surface area contributed by atoms with Crippen molar-refractivity contribution in [1.82, 2.24) is 20.0 Å². The third kappa shape index (κ3) is 3.69. The molecule has 8 nitrogen and oxygen atoms in total. The summed E-state index contributed by atoms with van der Waals surface area (Å²) in [6.45, 7) is -0.196. The van der Waals surface area contributed by atoms with E-state index in [-0.39, 0.29) is 12.2 Å². The van der Waals surface area contributed by atoms with Crippen LogP contribution < -0.4 is 21.4 Å². The maximum atomic E-state index is 12.3. The van der Waals surface area contributed by atoms with Crippen LogP contribution in [0.4, 0.5) is 5.69 Å². The number of para-hydroxylation sites is 2. The number of aromatic nitrogens is 2. The zero-order valence-corrected chi connectivity index (χ0v) is 15.4. The fourth-order valence-electron chi connectivity index (χ4n) is 2.82. The zero-order valence-electron chi connectivity index (χ0n) is 15.4. The van der Waals surface area contributed by atoms with Gasteiger partial charge < -0.3 is 4.90 Å². The van der Waals surface area contributed by atoms with Crippen LogP contribution in [0.2, 0.25) is 0 Å². The lowest BCUT2D eigenvalue weighted by Gasteiger charge is -2.13. The lowest BCUT2D eigenvalue weighted by atomic mass is 10.2. The second-order valence-electron chi connectivity index (χ2n) is 6.36. The van der Waals surface area contributed by atoms with Gasteiger partial charge in [0.2, 0.25) is 0 Å². The van der Waals surface area contributed by atoms with E-state index in [1.54, 1.807) is 37.4 Å². The molecule has 0 aliphatic heterocycles. The number of hydrazine groups is 1. The van der Waals surface area contributed by atoms with Gasteiger partial charge in [0.25, 0.3) is 11.8 Å². The summed E-state index contributed by atoms with van der Waals surface area (Å²) in [4.78, 5) is 38.7. The predicted molar refractivity (Wildman–Crippen MR) is 104 cm³/mol. The van der Waals surface area contributed by atoms with Crippen molar-refractivity contribution in [1.29, 1.82) is 0 Å². The molecule has 0 saturated heterocycles. The molecule has 2 aromatic carbocycles. The van der Waals surface area contributed by atoms with Gasteiger partial charge in [-0.1, -0.05) is 18.2 Å². The van der Waals surface area contributed by atoms with Crippen molar-refractivity contribution >= 4 is 28.5 Å². The quantitative estimate of drug-likeness (QED) is 0.670. The summed E-state index contributed by atoms with van der Waals surface area (Å²) in [5.41, 5.74) is 7.13. The van der Waals surface area contributed by atoms with Crippen LogP contribution in [0.25, 0.3) is 11.0 Å². The summed E-state index contributed by atoms with van der Waals surface area (Å²) in [7, 11) is 5.40. The molecule has 0 fully saturated rings. The van der Waals surface area contributed by atoms with Gasteiger partial charge in [0.1, 0.15) is 6.54 Å². The minimum Gasteiger partial charge on any atom is -0.378 e. The van der Waals surface area contributed by atoms with Gasteiger partial charge in [-0.3, -0.25) is 29.6 Å². The highest BCUT2D eigenvalue weighted by atomic mass is 16.2. The molecule has 3 aromatic rings. The van der Waals surface area contributed by atoms with Crippen LogP contribution in [0.1, 0.15) is 10.4 Å². The molecule has 0 spiro atoms. The molecule has 0 radical (unpaired) electrons. The van der Waals surface area contributed by atoms with Gasteiger partial charge in [0, 0.05) is 32.4 Å². The van der Waals surface area contributed by atoms with Crippen molar-refractivity contribution in [2.24, 2.45) is 7.05 Å². The second kappa shape index (κ2) is 7.36. The lowest BCUT2D eigenvalue weighted by molar-refractivity contribution is -0.122. The van der Waals surface area contributed by atoms with Crippen molar-refractivity contribution in [3.05, 3.63) is 64.6 Å². The molecule has 2 amide bonds. The van der Waals surface area contributed by atoms with Crippen molar-refractivity contribution in [3.63, 3.8) is 0 Å². The zero-order chi connectivity index (χ0) is 19.6. The molecule has 0 bridgehead atoms. The van der Waals surface area contributed by atoms with E-state index in [2.05, 4.69) is 10.9 Å². The van der Waals surface area contributed by atoms with Crippen molar-refractivity contribution in [2.75, 3.05) is 19.0 Å². The Bertz CT molecular complexity index is 1060. The molecule has 3 rings (SSSR count). The molecule has 0 saturated carbocycles. The Morgan fingerprint density at radius 2 is 1.70 bits per heavy atom. The van der Waals surface area contributed by atoms with Crippen molar-refractivity contribution in [2.45, 2.75) is 6.54 Å². The normalized spacial score (nSPS) is 10.6. The Labute approximate surface area is 156 Å². The van der Waals surface area contributed by atoms with Crippen LogP contribution in [0.5, 0.6) is 0 Å². The van der Waals surface area contributed by atoms with E-state index < -0.39 is 11.8 Å². The van der Waals surface area contributed by atoms with E-state index in [1.807, 2.05) is 37.2 Å². The molecule has 0 aliphatic carbocycles. The number of anilines is 1. The number of fused-ring (bicyclic) bond motifs is 1. The van der Waals surface area contributed by atoms with Crippen LogP contribution in [0.3, 0.4) is 0 Å². The second-order valence-corrected chi connectivity index (χ2v) is 6.36. The molecule has 2 N–H and O–H groups in total. The monoisotopic (exact) mass is 367 g/mol. The maximum Gasteiger partial charge on any atom is 0.329 e. The molecule has 140 valence electrons. The van der Waals surface area contributed by atoms with E-state index in [1.165, 1.54) is 9.13 Å². The molecule has 1 aromatic heterocycles. The first-order valence-corrected chi connectivity index (χ1v) is 8.39. The molecule has 8 heteroatoms. The fourth-order valence-corrected chi connectivity index (χ4v) is 2.82. The van der Waals surface area contributed by atoms with Crippen molar-refractivity contribution in [3.8, 4) is 0 Å². The molecule has 1 heterocycles. The van der Waals surface area contributed by atoms with Gasteiger partial charge in [0.05, 0.1) is 11.0 Å². The predicted octanol–water partition coefficient (Wildman–Crippen LogP) is 0.867. The number of amides is 2. The summed E-state index contributed by atoms with van der Waals surface area (Å²) in [6, 6.07) is 14.2. The Hall–Kier alpha value is -3.55. The highest BCUT2D eigenvalue weighted by Crippen LogP contribution is 2.13. The number of rotatable bonds is 4. The maximum absolute atomic E-state index is 12.3. The Balaban J connectivity index is 1.69. The lowest BCUT2D eigenvalue weighted by Crippen LogP contribution is -2.44. The van der Waals surface area contributed by atoms with Gasteiger partial charge in [-0.25, -0.2) is 4.79 Å². The third-order valence-electron chi connectivity index (χ3n) is 4.29. The molecule has 27 heavy (non-hydrogen) atoms. The summed E-state index contributed by atoms with van der Waals surface area (Å²) in [5.74, 6) is -0.928. The number of carbonyl (C=O) groups excluding carboxylic acids is 2. The van der Waals surface area contributed by atoms with E-state index in [9.17, 15) is 14.4 Å². The van der Waals surface area contributed by atoms with E-state index in [0.29, 0.717) is 11.1 Å². The van der Waals surface area contributed by atoms with Crippen LogP contribution in [0, 0.1) is 0 Å². The van der Waals surface area contributed by atoms with Gasteiger partial charge >= 0.3 is 5.69 Å². The van der Waals surface area contributed by atoms with E-state index in [0.717, 1.165) is 11.2 Å². The highest BCUT2D eigenvalue weighted by molar-refractivity contribution is 5.96. The molecule has 0 aliphatic rings. The smallest absolute Gasteiger partial charge is 0.329 e. The number of carbonyl (C=O) groups is 2. The summed E-state index contributed by atoms with van der Waals surface area (Å²) < 4.78 is 2.84. The molecular weight excluding hydrogens is 346 g/mol. The van der Waals surface area contributed by atoms with Gasteiger partial charge in [0.15, 0.2) is 0 Å². The van der Waals surface area contributed by atoms with Gasteiger partial charge in [-0.15, -0.1) is 0 Å². The summed E-state index contributed by atoms with van der Waals surface area (Å²) in [6.07, 6.45) is 0. The number of imidazole rings is 1. The largest absolute Gasteiger partial charge is 0.378 e. The average molecular weight is 367 g/mol. The van der Waals surface area contributed by atoms with E-state index >= 15 is 0 Å². The first-order valence-electron chi connectivity index (χ1n) is 8.39. The van der Waals surface area contributed by atoms with Crippen LogP contribution in [0.15, 0.2) is 53.3 Å². The first-order chi connectivity index (χ1) is 12.9. The number of aryl methyl sites for hydroxylation is 1. The van der Waals surface area contributed by atoms with Crippen LogP contribution in [-0.4, -0.2) is 35.0 Å². The topological polar surface area (TPSA) is 88.4 Å². The van der Waals surface area contributed by atoms with Crippen LogP contribution >= 0.6 is 0 Å². The third-order valence-corrected chi connectivity index (χ3v) is 4.29. The Morgan fingerprint density at radius 1 is 1.00 bits per heavy atom. The molecule has 0 atom stereocenters. The number of hydrogen-bond donors (Lipinski definition) is 2. The number of hydrogen-bond acceptors (Lipinski definition) is 4. The number of nitrogens with one attached hydrogen (secondary N) is 2. The molecule has 0 unspecified atom stereocenters. The minimum absolute atomic E-state index is 0.196. The number of nitrogens with zero attached hydrogens (tertiary/aromatic N) is 3. The summed E-state index contributed by atoms with van der Waals surface area (Å²) >= 11 is 0. The Kier molecular flexibility index (Phi) is 4.98.